The van der Waals surface area contributed by atoms with Crippen LogP contribution in [0.2, 0.25) is 0 Å². The number of nitro benzene ring substituents is 1. The van der Waals surface area contributed by atoms with Crippen molar-refractivity contribution in [2.24, 2.45) is 0 Å². The molecule has 114 valence electrons. The number of methoxy groups -OCH3 is 1. The third-order valence-corrected chi connectivity index (χ3v) is 2.56. The number of carbonyl (C=O) groups is 2. The Morgan fingerprint density at radius 1 is 1.24 bits per heavy atom. The Morgan fingerprint density at radius 2 is 1.90 bits per heavy atom. The van der Waals surface area contributed by atoms with Gasteiger partial charge >= 0.3 is 12.1 Å². The quantitative estimate of drug-likeness (QED) is 0.357. The maximum atomic E-state index is 11.4. The molecule has 1 aromatic rings. The highest BCUT2D eigenvalue weighted by atomic mass is 16.6. The number of benzene rings is 1. The molecule has 0 aliphatic rings. The fourth-order valence-corrected chi connectivity index (χ4v) is 1.47. The van der Waals surface area contributed by atoms with Gasteiger partial charge in [0.25, 0.3) is 5.69 Å². The lowest BCUT2D eigenvalue weighted by Crippen LogP contribution is -2.27. The molecule has 1 aromatic carbocycles. The Hall–Kier alpha value is -2.64. The van der Waals surface area contributed by atoms with E-state index in [-0.39, 0.29) is 17.4 Å². The summed E-state index contributed by atoms with van der Waals surface area (Å²) in [5, 5.41) is 13.0. The normalized spacial score (nSPS) is 9.76. The summed E-state index contributed by atoms with van der Waals surface area (Å²) in [5.74, 6) is -0.0730. The van der Waals surface area contributed by atoms with Gasteiger partial charge in [0.15, 0.2) is 0 Å². The highest BCUT2D eigenvalue weighted by Gasteiger charge is 2.07. The van der Waals surface area contributed by atoms with Crippen molar-refractivity contribution in [2.75, 3.05) is 13.7 Å². The lowest BCUT2D eigenvalue weighted by atomic mass is 10.2. The molecular formula is C13H16N2O6. The monoisotopic (exact) mass is 296 g/mol. The number of carbonyl (C=O) groups excluding carboxylic acids is 2. The van der Waals surface area contributed by atoms with E-state index in [1.807, 2.05) is 0 Å². The number of non-ortho nitro benzene ring substituents is 1. The number of esters is 1. The highest BCUT2D eigenvalue weighted by Crippen LogP contribution is 2.17. The van der Waals surface area contributed by atoms with Gasteiger partial charge in [0.1, 0.15) is 5.75 Å². The summed E-state index contributed by atoms with van der Waals surface area (Å²) >= 11 is 0. The first-order valence-electron chi connectivity index (χ1n) is 6.30. The number of amides is 1. The molecule has 1 rings (SSSR count). The molecule has 21 heavy (non-hydrogen) atoms. The summed E-state index contributed by atoms with van der Waals surface area (Å²) in [7, 11) is 1.32. The summed E-state index contributed by atoms with van der Waals surface area (Å²) in [6.45, 7) is 0.364. The minimum atomic E-state index is -0.651. The van der Waals surface area contributed by atoms with Crippen molar-refractivity contribution in [1.29, 1.82) is 0 Å². The van der Waals surface area contributed by atoms with Crippen LogP contribution in [-0.4, -0.2) is 30.6 Å². The third kappa shape index (κ3) is 6.37. The molecule has 0 saturated carbocycles. The van der Waals surface area contributed by atoms with Gasteiger partial charge < -0.3 is 14.8 Å². The summed E-state index contributed by atoms with van der Waals surface area (Å²) in [4.78, 5) is 32.2. The molecule has 0 bridgehead atoms. The third-order valence-electron chi connectivity index (χ3n) is 2.56. The lowest BCUT2D eigenvalue weighted by Gasteiger charge is -2.06. The first-order chi connectivity index (χ1) is 10.0. The van der Waals surface area contributed by atoms with Gasteiger partial charge in [-0.3, -0.25) is 14.9 Å². The number of rotatable bonds is 7. The second-order valence-corrected chi connectivity index (χ2v) is 4.10. The predicted octanol–water partition coefficient (Wildman–Crippen LogP) is 2.03. The highest BCUT2D eigenvalue weighted by molar-refractivity contribution is 5.70. The van der Waals surface area contributed by atoms with Gasteiger partial charge in [-0.25, -0.2) is 4.79 Å². The van der Waals surface area contributed by atoms with Crippen LogP contribution in [0.3, 0.4) is 0 Å². The first kappa shape index (κ1) is 16.4. The van der Waals surface area contributed by atoms with Crippen LogP contribution in [0, 0.1) is 10.1 Å². The number of hydrogen-bond acceptors (Lipinski definition) is 6. The van der Waals surface area contributed by atoms with Crippen molar-refractivity contribution < 1.29 is 24.0 Å². The second-order valence-electron chi connectivity index (χ2n) is 4.10. The Morgan fingerprint density at radius 3 is 2.48 bits per heavy atom. The van der Waals surface area contributed by atoms with Gasteiger partial charge in [0, 0.05) is 25.1 Å². The number of unbranched alkanes of at least 4 members (excludes halogenated alkanes) is 1. The molecule has 1 amide bonds. The maximum Gasteiger partial charge on any atom is 0.412 e. The Balaban J connectivity index is 2.24. The van der Waals surface area contributed by atoms with E-state index in [1.165, 1.54) is 31.4 Å². The van der Waals surface area contributed by atoms with E-state index in [0.717, 1.165) is 0 Å². The molecule has 8 heteroatoms. The van der Waals surface area contributed by atoms with E-state index in [9.17, 15) is 19.7 Å². The van der Waals surface area contributed by atoms with E-state index in [0.29, 0.717) is 25.8 Å². The van der Waals surface area contributed by atoms with Crippen LogP contribution in [-0.2, 0) is 9.53 Å². The fraction of sp³-hybridized carbons (Fsp3) is 0.385. The maximum absolute atomic E-state index is 11.4. The lowest BCUT2D eigenvalue weighted by molar-refractivity contribution is -0.384. The van der Waals surface area contributed by atoms with E-state index in [2.05, 4.69) is 10.1 Å². The topological polar surface area (TPSA) is 108 Å². The van der Waals surface area contributed by atoms with Gasteiger partial charge in [0.05, 0.1) is 12.0 Å². The zero-order valence-corrected chi connectivity index (χ0v) is 11.5. The van der Waals surface area contributed by atoms with Gasteiger partial charge in [-0.05, 0) is 25.0 Å². The number of nitrogens with zero attached hydrogens (tertiary/aromatic N) is 1. The molecular weight excluding hydrogens is 280 g/mol. The number of nitrogens with one attached hydrogen (secondary N) is 1. The van der Waals surface area contributed by atoms with Crippen LogP contribution in [0.25, 0.3) is 0 Å². The zero-order valence-electron chi connectivity index (χ0n) is 11.5. The number of hydrogen-bond donors (Lipinski definition) is 1. The fourth-order valence-electron chi connectivity index (χ4n) is 1.47. The minimum absolute atomic E-state index is 0.0782. The number of ether oxygens (including phenoxy) is 2. The number of nitro groups is 1. The van der Waals surface area contributed by atoms with Crippen molar-refractivity contribution in [1.82, 2.24) is 5.32 Å². The predicted molar refractivity (Wildman–Crippen MR) is 73.0 cm³/mol. The minimum Gasteiger partial charge on any atom is -0.469 e. The SMILES string of the molecule is COC(=O)CCCCNC(=O)Oc1ccc([N+](=O)[O-])cc1. The molecule has 1 N–H and O–H groups in total. The molecule has 0 fully saturated rings. The van der Waals surface area contributed by atoms with Gasteiger partial charge in [-0.1, -0.05) is 0 Å². The van der Waals surface area contributed by atoms with Crippen molar-refractivity contribution in [3.8, 4) is 5.75 Å². The zero-order chi connectivity index (χ0) is 15.7. The average molecular weight is 296 g/mol. The Labute approximate surface area is 121 Å². The smallest absolute Gasteiger partial charge is 0.412 e. The van der Waals surface area contributed by atoms with Crippen LogP contribution in [0.1, 0.15) is 19.3 Å². The summed E-state index contributed by atoms with van der Waals surface area (Å²) in [5.41, 5.74) is -0.0782. The molecule has 0 unspecified atom stereocenters. The molecule has 0 radical (unpaired) electrons. The largest absolute Gasteiger partial charge is 0.469 e. The first-order valence-corrected chi connectivity index (χ1v) is 6.30. The van der Waals surface area contributed by atoms with Crippen LogP contribution in [0.4, 0.5) is 10.5 Å². The standard InChI is InChI=1S/C13H16N2O6/c1-20-12(16)4-2-3-9-14-13(17)21-11-7-5-10(6-8-11)15(18)19/h5-8H,2-4,9H2,1H3,(H,14,17). The Bertz CT molecular complexity index is 500. The van der Waals surface area contributed by atoms with E-state index in [4.69, 9.17) is 4.74 Å². The molecule has 0 atom stereocenters. The molecule has 0 aromatic heterocycles. The van der Waals surface area contributed by atoms with Gasteiger partial charge in [-0.2, -0.15) is 0 Å². The molecule has 0 heterocycles. The summed E-state index contributed by atoms with van der Waals surface area (Å²) in [6, 6.07) is 5.18. The van der Waals surface area contributed by atoms with Gasteiger partial charge in [-0.15, -0.1) is 0 Å². The molecule has 0 aliphatic carbocycles. The van der Waals surface area contributed by atoms with Crippen LogP contribution in [0.5, 0.6) is 5.75 Å². The van der Waals surface area contributed by atoms with Crippen molar-refractivity contribution in [2.45, 2.75) is 19.3 Å². The van der Waals surface area contributed by atoms with Crippen LogP contribution in [0.15, 0.2) is 24.3 Å². The second kappa shape index (κ2) is 8.51. The van der Waals surface area contributed by atoms with Crippen molar-refractivity contribution in [3.05, 3.63) is 34.4 Å². The molecule has 0 aliphatic heterocycles. The van der Waals surface area contributed by atoms with Crippen molar-refractivity contribution in [3.63, 3.8) is 0 Å². The van der Waals surface area contributed by atoms with Gasteiger partial charge in [0.2, 0.25) is 0 Å². The van der Waals surface area contributed by atoms with E-state index < -0.39 is 11.0 Å². The van der Waals surface area contributed by atoms with Crippen molar-refractivity contribution >= 4 is 17.7 Å². The van der Waals surface area contributed by atoms with Crippen LogP contribution < -0.4 is 10.1 Å². The average Bonchev–Trinajstić information content (AvgIpc) is 2.47. The van der Waals surface area contributed by atoms with E-state index >= 15 is 0 Å². The Kier molecular flexibility index (Phi) is 6.66. The molecule has 0 saturated heterocycles. The summed E-state index contributed by atoms with van der Waals surface area (Å²) in [6.07, 6.45) is 0.867. The summed E-state index contributed by atoms with van der Waals surface area (Å²) < 4.78 is 9.42. The molecule has 0 spiro atoms. The molecule has 8 nitrogen and oxygen atoms in total. The van der Waals surface area contributed by atoms with Crippen LogP contribution >= 0.6 is 0 Å². The van der Waals surface area contributed by atoms with E-state index in [1.54, 1.807) is 0 Å².